The summed E-state index contributed by atoms with van der Waals surface area (Å²) in [6.07, 6.45) is 4.14. The minimum atomic E-state index is -2.42. The first-order valence-electron chi connectivity index (χ1n) is 12.9. The molecule has 196 valence electrons. The average molecular weight is 521 g/mol. The molecule has 0 aliphatic heterocycles. The van der Waals surface area contributed by atoms with E-state index in [1.54, 1.807) is 43.1 Å². The summed E-state index contributed by atoms with van der Waals surface area (Å²) in [6, 6.07) is 8.39. The Hall–Kier alpha value is -3.19. The van der Waals surface area contributed by atoms with E-state index in [0.29, 0.717) is 56.0 Å². The van der Waals surface area contributed by atoms with Crippen LogP contribution in [0.4, 0.5) is 4.39 Å². The zero-order valence-electron chi connectivity index (χ0n) is 23.0. The second kappa shape index (κ2) is 9.93. The highest BCUT2D eigenvalue weighted by molar-refractivity contribution is 6.78. The lowest BCUT2D eigenvalue weighted by molar-refractivity contribution is 0.102. The van der Waals surface area contributed by atoms with Crippen LogP contribution in [-0.4, -0.2) is 28.8 Å². The van der Waals surface area contributed by atoms with Crippen LogP contribution in [0.25, 0.3) is 21.7 Å². The molecule has 0 radical (unpaired) electrons. The third-order valence-electron chi connectivity index (χ3n) is 7.73. The van der Waals surface area contributed by atoms with Gasteiger partial charge in [-0.15, -0.1) is 0 Å². The van der Waals surface area contributed by atoms with Crippen LogP contribution in [0.5, 0.6) is 11.6 Å². The van der Waals surface area contributed by atoms with Crippen molar-refractivity contribution in [2.24, 2.45) is 7.05 Å². The Morgan fingerprint density at radius 3 is 2.16 bits per heavy atom. The van der Waals surface area contributed by atoms with Crippen LogP contribution in [0.15, 0.2) is 42.7 Å². The van der Waals surface area contributed by atoms with Crippen molar-refractivity contribution in [2.45, 2.75) is 71.5 Å². The Morgan fingerprint density at radius 2 is 1.62 bits per heavy atom. The molecule has 4 rings (SSSR count). The van der Waals surface area contributed by atoms with Gasteiger partial charge < -0.3 is 14.1 Å². The maximum atomic E-state index is 13.4. The van der Waals surface area contributed by atoms with E-state index in [4.69, 9.17) is 9.41 Å². The van der Waals surface area contributed by atoms with E-state index in [2.05, 4.69) is 41.5 Å². The number of benzene rings is 2. The number of aryl methyl sites for hydroxylation is 1. The van der Waals surface area contributed by atoms with E-state index in [1.165, 1.54) is 12.1 Å². The second-order valence-electron chi connectivity index (χ2n) is 11.1. The van der Waals surface area contributed by atoms with E-state index >= 15 is 0 Å². The van der Waals surface area contributed by atoms with Gasteiger partial charge in [-0.1, -0.05) is 53.7 Å². The van der Waals surface area contributed by atoms with Gasteiger partial charge in [-0.25, -0.2) is 4.39 Å². The number of hydrogen-bond acceptors (Lipinski definition) is 4. The van der Waals surface area contributed by atoms with Gasteiger partial charge in [-0.05, 0) is 59.3 Å². The van der Waals surface area contributed by atoms with Crippen molar-refractivity contribution in [1.82, 2.24) is 9.55 Å². The number of rotatable bonds is 8. The topological polar surface area (TPSA) is 64.3 Å². The Kier molecular flexibility index (Phi) is 7.21. The number of Topliss-reactive ketones (excluding diaryl/α,β-unsaturated/α-hetero) is 1. The van der Waals surface area contributed by atoms with Gasteiger partial charge in [-0.3, -0.25) is 9.78 Å². The second-order valence-corrected chi connectivity index (χ2v) is 16.5. The number of pyridine rings is 1. The van der Waals surface area contributed by atoms with Gasteiger partial charge in [-0.2, -0.15) is 0 Å². The Bertz CT molecular complexity index is 1450. The molecule has 0 aliphatic carbocycles. The fourth-order valence-electron chi connectivity index (χ4n) is 6.12. The lowest BCUT2D eigenvalue weighted by Gasteiger charge is -2.42. The summed E-state index contributed by atoms with van der Waals surface area (Å²) < 4.78 is 22.2. The number of fused-ring (bicyclic) bond motifs is 2. The van der Waals surface area contributed by atoms with Gasteiger partial charge in [0.2, 0.25) is 5.88 Å². The summed E-state index contributed by atoms with van der Waals surface area (Å²) in [7, 11) is -0.659. The number of aromatic nitrogens is 2. The fraction of sp³-hybridized carbons (Fsp3) is 0.400. The summed E-state index contributed by atoms with van der Waals surface area (Å²) in [4.78, 5) is 17.9. The predicted molar refractivity (Wildman–Crippen MR) is 151 cm³/mol. The summed E-state index contributed by atoms with van der Waals surface area (Å²) in [5.74, 6) is 0.239. The monoisotopic (exact) mass is 520 g/mol. The molecule has 37 heavy (non-hydrogen) atoms. The molecule has 0 fully saturated rings. The van der Waals surface area contributed by atoms with Gasteiger partial charge in [0, 0.05) is 35.8 Å². The van der Waals surface area contributed by atoms with Gasteiger partial charge in [0.15, 0.2) is 5.78 Å². The lowest BCUT2D eigenvalue weighted by atomic mass is 9.96. The standard InChI is InChI=1S/C30H37FN2O3Si/c1-17(2)37(18(3)4,19(5)6)36-29-27-25(16-33(8)30(27)35)26(20(7)34)24-14-22(15-32-28(24)29)13-21-9-11-23(31)12-10-21/h9-12,14-19,35H,13H2,1-8H3. The van der Waals surface area contributed by atoms with Crippen LogP contribution in [-0.2, 0) is 13.5 Å². The Labute approximate surface area is 219 Å². The van der Waals surface area contributed by atoms with Crippen molar-refractivity contribution < 1.29 is 18.7 Å². The summed E-state index contributed by atoms with van der Waals surface area (Å²) in [5, 5.41) is 13.1. The first kappa shape index (κ1) is 26.9. The molecule has 2 aromatic carbocycles. The third-order valence-corrected chi connectivity index (χ3v) is 13.7. The first-order valence-corrected chi connectivity index (χ1v) is 15.1. The minimum absolute atomic E-state index is 0.0609. The number of ketones is 1. The van der Waals surface area contributed by atoms with Crippen molar-refractivity contribution >= 4 is 35.8 Å². The normalized spacial score (nSPS) is 12.4. The number of nitrogens with zero attached hydrogens (tertiary/aromatic N) is 2. The molecule has 0 aliphatic rings. The van der Waals surface area contributed by atoms with Crippen molar-refractivity contribution in [3.63, 3.8) is 0 Å². The van der Waals surface area contributed by atoms with Gasteiger partial charge in [0.1, 0.15) is 17.1 Å². The third kappa shape index (κ3) is 4.54. The molecule has 1 N–H and O–H groups in total. The molecule has 4 aromatic rings. The van der Waals surface area contributed by atoms with Crippen LogP contribution in [0, 0.1) is 5.82 Å². The van der Waals surface area contributed by atoms with Crippen molar-refractivity contribution in [1.29, 1.82) is 0 Å². The molecule has 0 saturated carbocycles. The van der Waals surface area contributed by atoms with Gasteiger partial charge in [0.05, 0.1) is 5.39 Å². The zero-order chi connectivity index (χ0) is 27.2. The Balaban J connectivity index is 2.05. The van der Waals surface area contributed by atoms with Crippen molar-refractivity contribution in [2.75, 3.05) is 0 Å². The SMILES string of the molecule is CC(=O)c1c2cc(Cc3ccc(F)cc3)cnc2c(O[Si](C(C)C)(C(C)C)C(C)C)c2c(O)n(C)cc12. The van der Waals surface area contributed by atoms with Gasteiger partial charge in [0.25, 0.3) is 8.32 Å². The van der Waals surface area contributed by atoms with Crippen LogP contribution in [0.1, 0.15) is 70.0 Å². The van der Waals surface area contributed by atoms with Crippen LogP contribution < -0.4 is 4.43 Å². The largest absolute Gasteiger partial charge is 0.541 e. The van der Waals surface area contributed by atoms with E-state index < -0.39 is 8.32 Å². The molecule has 7 heteroatoms. The molecule has 0 unspecified atom stereocenters. The number of hydrogen-bond donors (Lipinski definition) is 1. The maximum Gasteiger partial charge on any atom is 0.258 e. The van der Waals surface area contributed by atoms with Gasteiger partial charge >= 0.3 is 0 Å². The number of halogens is 1. The molecule has 0 spiro atoms. The van der Waals surface area contributed by atoms with E-state index in [9.17, 15) is 14.3 Å². The molecule has 0 bridgehead atoms. The molecule has 2 aromatic heterocycles. The highest BCUT2D eigenvalue weighted by atomic mass is 28.4. The number of carbonyl (C=O) groups excluding carboxylic acids is 1. The van der Waals surface area contributed by atoms with Crippen LogP contribution in [0.2, 0.25) is 16.6 Å². The Morgan fingerprint density at radius 1 is 1.03 bits per heavy atom. The molecular weight excluding hydrogens is 483 g/mol. The minimum Gasteiger partial charge on any atom is -0.541 e. The number of aromatic hydroxyl groups is 1. The summed E-state index contributed by atoms with van der Waals surface area (Å²) >= 11 is 0. The maximum absolute atomic E-state index is 13.4. The van der Waals surface area contributed by atoms with E-state index in [0.717, 1.165) is 11.1 Å². The fourth-order valence-corrected chi connectivity index (χ4v) is 11.4. The first-order chi connectivity index (χ1) is 17.4. The molecule has 0 amide bonds. The van der Waals surface area contributed by atoms with Crippen molar-refractivity contribution in [3.8, 4) is 11.6 Å². The van der Waals surface area contributed by atoms with Crippen LogP contribution >= 0.6 is 0 Å². The summed E-state index contributed by atoms with van der Waals surface area (Å²) in [5.41, 5.74) is 3.91. The smallest absolute Gasteiger partial charge is 0.258 e. The summed E-state index contributed by atoms with van der Waals surface area (Å²) in [6.45, 7) is 14.8. The molecule has 0 atom stereocenters. The van der Waals surface area contributed by atoms with Crippen LogP contribution in [0.3, 0.4) is 0 Å². The quantitative estimate of drug-likeness (QED) is 0.189. The molecule has 5 nitrogen and oxygen atoms in total. The number of carbonyl (C=O) groups is 1. The highest BCUT2D eigenvalue weighted by Crippen LogP contribution is 2.49. The highest BCUT2D eigenvalue weighted by Gasteiger charge is 2.48. The average Bonchev–Trinajstić information content (AvgIpc) is 3.10. The molecule has 2 heterocycles. The van der Waals surface area contributed by atoms with E-state index in [1.807, 2.05) is 6.07 Å². The molecular formula is C30H37FN2O3Si. The molecule has 0 saturated heterocycles. The van der Waals surface area contributed by atoms with Crippen molar-refractivity contribution in [3.05, 3.63) is 65.2 Å². The predicted octanol–water partition coefficient (Wildman–Crippen LogP) is 7.92. The zero-order valence-corrected chi connectivity index (χ0v) is 24.0. The lowest BCUT2D eigenvalue weighted by Crippen LogP contribution is -2.50. The van der Waals surface area contributed by atoms with E-state index in [-0.39, 0.29) is 17.5 Å².